The van der Waals surface area contributed by atoms with E-state index in [4.69, 9.17) is 16.3 Å². The first kappa shape index (κ1) is 31.6. The molecule has 1 aliphatic carbocycles. The summed E-state index contributed by atoms with van der Waals surface area (Å²) in [7, 11) is 0. The van der Waals surface area contributed by atoms with E-state index in [1.54, 1.807) is 6.07 Å². The number of carbonyl (C=O) groups excluding carboxylic acids is 2. The Morgan fingerprint density at radius 3 is 2.64 bits per heavy atom. The molecular formula is C29H24ClF4N7O4. The highest BCUT2D eigenvalue weighted by molar-refractivity contribution is 6.31. The van der Waals surface area contributed by atoms with Crippen LogP contribution in [0.2, 0.25) is 5.02 Å². The number of benzene rings is 2. The van der Waals surface area contributed by atoms with E-state index in [1.807, 2.05) is 6.07 Å². The maximum atomic E-state index is 15.7. The largest absolute Gasteiger partial charge is 0.448 e. The Kier molecular flexibility index (Phi) is 9.14. The molecule has 3 aromatic rings. The van der Waals surface area contributed by atoms with E-state index in [1.165, 1.54) is 30.5 Å². The molecule has 1 unspecified atom stereocenters. The number of nitroso groups, excluding NO2 is 1. The van der Waals surface area contributed by atoms with Crippen molar-refractivity contribution in [1.29, 1.82) is 5.26 Å². The van der Waals surface area contributed by atoms with E-state index in [-0.39, 0.29) is 47.2 Å². The van der Waals surface area contributed by atoms with Gasteiger partial charge in [0.2, 0.25) is 17.8 Å². The highest BCUT2D eigenvalue weighted by Gasteiger charge is 2.41. The van der Waals surface area contributed by atoms with Gasteiger partial charge in [0.15, 0.2) is 6.04 Å². The summed E-state index contributed by atoms with van der Waals surface area (Å²) in [5.74, 6) is -7.28. The third-order valence-corrected chi connectivity index (χ3v) is 7.95. The van der Waals surface area contributed by atoms with Gasteiger partial charge in [0, 0.05) is 59.8 Å². The van der Waals surface area contributed by atoms with E-state index < -0.39 is 72.7 Å². The standard InChI is InChI=1S/C29H24ClF4N7O4/c30-21-4-2-1-3-20(21)25(26(42)37-18-5-8-29(33,34)9-6-18)41(39-44)23-12-17(31)11-22(32)24(23)16-14-40(28(43)45-15-16)27-36-10-7-19(13-35)38-27/h1-4,7,10-12,16,18,25H,5-6,8-9,14-15H2,(H,37,42)/t16?,25-/m0/s1. The number of anilines is 2. The van der Waals surface area contributed by atoms with Gasteiger partial charge in [-0.25, -0.2) is 42.2 Å². The minimum Gasteiger partial charge on any atom is -0.448 e. The van der Waals surface area contributed by atoms with E-state index in [9.17, 15) is 32.9 Å². The van der Waals surface area contributed by atoms with Crippen molar-refractivity contribution in [2.24, 2.45) is 5.29 Å². The number of nitrogens with zero attached hydrogens (tertiary/aromatic N) is 6. The van der Waals surface area contributed by atoms with Gasteiger partial charge in [0.05, 0.1) is 11.0 Å². The third-order valence-electron chi connectivity index (χ3n) is 7.60. The molecule has 16 heteroatoms. The Morgan fingerprint density at radius 1 is 1.22 bits per heavy atom. The first-order valence-corrected chi connectivity index (χ1v) is 14.1. The van der Waals surface area contributed by atoms with E-state index in [0.29, 0.717) is 11.1 Å². The van der Waals surface area contributed by atoms with E-state index in [0.717, 1.165) is 11.0 Å². The molecule has 1 N–H and O–H groups in total. The van der Waals surface area contributed by atoms with Crippen LogP contribution in [0.1, 0.15) is 54.5 Å². The lowest BCUT2D eigenvalue weighted by Gasteiger charge is -2.35. The summed E-state index contributed by atoms with van der Waals surface area (Å²) in [5, 5.41) is 15.4. The van der Waals surface area contributed by atoms with Crippen LogP contribution in [0, 0.1) is 27.9 Å². The lowest BCUT2D eigenvalue weighted by molar-refractivity contribution is -0.124. The number of ether oxygens (including phenoxy) is 1. The van der Waals surface area contributed by atoms with Crippen LogP contribution in [-0.2, 0) is 9.53 Å². The normalized spacial score (nSPS) is 18.8. The average molecular weight is 646 g/mol. The molecule has 1 aliphatic heterocycles. The number of halogens is 5. The summed E-state index contributed by atoms with van der Waals surface area (Å²) in [6, 6.07) is 8.05. The minimum atomic E-state index is -2.87. The molecule has 2 aliphatic rings. The van der Waals surface area contributed by atoms with Crippen molar-refractivity contribution in [3.63, 3.8) is 0 Å². The third kappa shape index (κ3) is 6.80. The Hall–Kier alpha value is -4.84. The van der Waals surface area contributed by atoms with Crippen LogP contribution in [-0.4, -0.2) is 47.1 Å². The van der Waals surface area contributed by atoms with Gasteiger partial charge in [-0.3, -0.25) is 4.79 Å². The number of carbonyl (C=O) groups is 2. The van der Waals surface area contributed by atoms with Crippen LogP contribution < -0.4 is 15.2 Å². The zero-order valence-corrected chi connectivity index (χ0v) is 24.1. The molecule has 1 aromatic heterocycles. The van der Waals surface area contributed by atoms with Crippen LogP contribution in [0.4, 0.5) is 34.0 Å². The van der Waals surface area contributed by atoms with Crippen molar-refractivity contribution in [1.82, 2.24) is 15.3 Å². The molecule has 1 saturated carbocycles. The second-order valence-electron chi connectivity index (χ2n) is 10.5. The Balaban J connectivity index is 1.55. The lowest BCUT2D eigenvalue weighted by atomic mass is 9.91. The topological polar surface area (TPSA) is 141 Å². The Labute approximate surface area is 258 Å². The maximum absolute atomic E-state index is 15.7. The quantitative estimate of drug-likeness (QED) is 0.180. The molecule has 2 heterocycles. The Morgan fingerprint density at radius 2 is 1.96 bits per heavy atom. The van der Waals surface area contributed by atoms with Crippen LogP contribution in [0.5, 0.6) is 0 Å². The van der Waals surface area contributed by atoms with Crippen LogP contribution in [0.15, 0.2) is 53.9 Å². The van der Waals surface area contributed by atoms with Crippen molar-refractivity contribution in [3.8, 4) is 6.07 Å². The fourth-order valence-corrected chi connectivity index (χ4v) is 5.66. The number of hydrogen-bond acceptors (Lipinski definition) is 8. The molecule has 2 atom stereocenters. The summed E-state index contributed by atoms with van der Waals surface area (Å²) >= 11 is 6.41. The number of alkyl halides is 2. The summed E-state index contributed by atoms with van der Waals surface area (Å²) in [4.78, 5) is 47.9. The van der Waals surface area contributed by atoms with Crippen molar-refractivity contribution >= 4 is 35.2 Å². The molecule has 5 rings (SSSR count). The highest BCUT2D eigenvalue weighted by Crippen LogP contribution is 2.40. The van der Waals surface area contributed by atoms with E-state index >= 15 is 4.39 Å². The van der Waals surface area contributed by atoms with Crippen LogP contribution >= 0.6 is 11.6 Å². The molecule has 234 valence electrons. The first-order valence-electron chi connectivity index (χ1n) is 13.7. The summed E-state index contributed by atoms with van der Waals surface area (Å²) in [6.45, 7) is -0.746. The molecule has 0 bridgehead atoms. The fraction of sp³-hybridized carbons (Fsp3) is 0.345. The molecule has 2 fully saturated rings. The van der Waals surface area contributed by atoms with Gasteiger partial charge in [-0.15, -0.1) is 4.91 Å². The highest BCUT2D eigenvalue weighted by atomic mass is 35.5. The lowest BCUT2D eigenvalue weighted by Crippen LogP contribution is -2.46. The second-order valence-corrected chi connectivity index (χ2v) is 11.0. The van der Waals surface area contributed by atoms with Gasteiger partial charge in [0.1, 0.15) is 30.0 Å². The smallest absolute Gasteiger partial charge is 0.416 e. The van der Waals surface area contributed by atoms with Gasteiger partial charge in [-0.05, 0) is 31.0 Å². The molecule has 0 radical (unpaired) electrons. The molecule has 2 aromatic carbocycles. The zero-order valence-electron chi connectivity index (χ0n) is 23.3. The van der Waals surface area contributed by atoms with Crippen molar-refractivity contribution in [2.45, 2.75) is 49.6 Å². The number of nitrogens with one attached hydrogen (secondary N) is 1. The first-order chi connectivity index (χ1) is 21.5. The fourth-order valence-electron chi connectivity index (χ4n) is 5.42. The summed E-state index contributed by atoms with van der Waals surface area (Å²) in [6.07, 6.45) is -0.660. The predicted molar refractivity (Wildman–Crippen MR) is 152 cm³/mol. The predicted octanol–water partition coefficient (Wildman–Crippen LogP) is 5.94. The number of hydrogen-bond donors (Lipinski definition) is 1. The van der Waals surface area contributed by atoms with Gasteiger partial charge in [-0.1, -0.05) is 29.8 Å². The zero-order chi connectivity index (χ0) is 32.3. The number of nitriles is 1. The molecule has 2 amide bonds. The molecule has 1 saturated heterocycles. The number of amides is 2. The molecular weight excluding hydrogens is 622 g/mol. The van der Waals surface area contributed by atoms with E-state index in [2.05, 4.69) is 20.6 Å². The number of cyclic esters (lactones) is 1. The van der Waals surface area contributed by atoms with Gasteiger partial charge in [0.25, 0.3) is 0 Å². The SMILES string of the molecule is N#Cc1ccnc(N2CC(c3c(F)cc(F)cc3N(N=O)[C@H](C(=O)NC3CCC(F)(F)CC3)c3ccccc3Cl)COC2=O)n1. The average Bonchev–Trinajstić information content (AvgIpc) is 3.01. The van der Waals surface area contributed by atoms with Crippen molar-refractivity contribution in [3.05, 3.63) is 87.0 Å². The summed E-state index contributed by atoms with van der Waals surface area (Å²) in [5.41, 5.74) is -0.805. The number of aromatic nitrogens is 2. The minimum absolute atomic E-state index is 0.0206. The second kappa shape index (κ2) is 13.0. The monoisotopic (exact) mass is 645 g/mol. The Bertz CT molecular complexity index is 1660. The van der Waals surface area contributed by atoms with Gasteiger partial charge >= 0.3 is 6.09 Å². The number of rotatable bonds is 8. The molecule has 45 heavy (non-hydrogen) atoms. The van der Waals surface area contributed by atoms with Gasteiger partial charge < -0.3 is 10.1 Å². The van der Waals surface area contributed by atoms with Crippen molar-refractivity contribution in [2.75, 3.05) is 23.1 Å². The van der Waals surface area contributed by atoms with Crippen LogP contribution in [0.3, 0.4) is 0 Å². The molecule has 0 spiro atoms. The van der Waals surface area contributed by atoms with Gasteiger partial charge in [-0.2, -0.15) is 5.26 Å². The molecule has 11 nitrogen and oxygen atoms in total. The van der Waals surface area contributed by atoms with Crippen LogP contribution in [0.25, 0.3) is 0 Å². The summed E-state index contributed by atoms with van der Waals surface area (Å²) < 4.78 is 63.3. The maximum Gasteiger partial charge on any atom is 0.416 e. The van der Waals surface area contributed by atoms with Crippen molar-refractivity contribution < 1.29 is 31.9 Å².